The van der Waals surface area contributed by atoms with Gasteiger partial charge in [-0.3, -0.25) is 4.90 Å². The van der Waals surface area contributed by atoms with Crippen LogP contribution in [0.3, 0.4) is 0 Å². The average molecular weight is 391 g/mol. The minimum atomic E-state index is -4.40. The predicted molar refractivity (Wildman–Crippen MR) is 93.6 cm³/mol. The van der Waals surface area contributed by atoms with E-state index in [-0.39, 0.29) is 11.8 Å². The molecule has 2 heterocycles. The van der Waals surface area contributed by atoms with Crippen LogP contribution in [0.2, 0.25) is 4.34 Å². The maximum atomic E-state index is 13.0. The van der Waals surface area contributed by atoms with Gasteiger partial charge in [0.2, 0.25) is 0 Å². The Kier molecular flexibility index (Phi) is 5.58. The van der Waals surface area contributed by atoms with Crippen molar-refractivity contribution < 1.29 is 17.9 Å². The number of halogens is 4. The summed E-state index contributed by atoms with van der Waals surface area (Å²) in [6.07, 6.45) is -4.40. The highest BCUT2D eigenvalue weighted by Gasteiger charge is 2.33. The highest BCUT2D eigenvalue weighted by molar-refractivity contribution is 7.16. The van der Waals surface area contributed by atoms with E-state index in [0.29, 0.717) is 4.34 Å². The molecule has 1 aromatic heterocycles. The fourth-order valence-electron chi connectivity index (χ4n) is 3.06. The number of alkyl halides is 3. The van der Waals surface area contributed by atoms with Gasteiger partial charge in [0.05, 0.1) is 23.1 Å². The first-order valence-corrected chi connectivity index (χ1v) is 9.04. The molecule has 1 saturated heterocycles. The Balaban J connectivity index is 2.06. The first-order valence-electron chi connectivity index (χ1n) is 7.85. The van der Waals surface area contributed by atoms with Crippen molar-refractivity contribution in [2.45, 2.75) is 12.2 Å². The molecule has 0 bridgehead atoms. The van der Waals surface area contributed by atoms with Gasteiger partial charge in [0.15, 0.2) is 0 Å². The van der Waals surface area contributed by atoms with E-state index < -0.39 is 11.7 Å². The number of nitrogens with zero attached hydrogens (tertiary/aromatic N) is 1. The minimum Gasteiger partial charge on any atom is -0.496 e. The van der Waals surface area contributed by atoms with Crippen LogP contribution >= 0.6 is 22.9 Å². The quantitative estimate of drug-likeness (QED) is 0.836. The maximum absolute atomic E-state index is 13.0. The molecule has 2 aromatic rings. The molecule has 0 unspecified atom stereocenters. The topological polar surface area (TPSA) is 24.5 Å². The van der Waals surface area contributed by atoms with Crippen molar-refractivity contribution in [3.63, 3.8) is 0 Å². The molecule has 1 aliphatic rings. The van der Waals surface area contributed by atoms with Gasteiger partial charge >= 0.3 is 6.18 Å². The predicted octanol–water partition coefficient (Wildman–Crippen LogP) is 4.42. The molecule has 8 heteroatoms. The Hall–Kier alpha value is -1.28. The molecule has 3 nitrogen and oxygen atoms in total. The minimum absolute atomic E-state index is 0.183. The number of rotatable bonds is 4. The number of benzene rings is 1. The van der Waals surface area contributed by atoms with Crippen molar-refractivity contribution in [3.05, 3.63) is 50.7 Å². The van der Waals surface area contributed by atoms with Gasteiger partial charge < -0.3 is 10.1 Å². The number of piperazine rings is 1. The number of thiophene rings is 1. The van der Waals surface area contributed by atoms with E-state index in [9.17, 15) is 13.2 Å². The molecule has 136 valence electrons. The molecular formula is C17H18ClF3N2OS. The molecule has 0 amide bonds. The van der Waals surface area contributed by atoms with Crippen molar-refractivity contribution in [1.29, 1.82) is 0 Å². The highest BCUT2D eigenvalue weighted by atomic mass is 35.5. The average Bonchev–Trinajstić information content (AvgIpc) is 3.01. The van der Waals surface area contributed by atoms with Crippen molar-refractivity contribution in [3.8, 4) is 5.75 Å². The van der Waals surface area contributed by atoms with Crippen LogP contribution in [-0.4, -0.2) is 38.2 Å². The lowest BCUT2D eigenvalue weighted by molar-refractivity contribution is -0.137. The van der Waals surface area contributed by atoms with Gasteiger partial charge in [-0.15, -0.1) is 11.3 Å². The molecule has 1 aromatic carbocycles. The number of nitrogens with one attached hydrogen (secondary N) is 1. The van der Waals surface area contributed by atoms with Gasteiger partial charge in [-0.05, 0) is 24.3 Å². The summed E-state index contributed by atoms with van der Waals surface area (Å²) in [4.78, 5) is 3.23. The van der Waals surface area contributed by atoms with E-state index in [1.165, 1.54) is 24.5 Å². The summed E-state index contributed by atoms with van der Waals surface area (Å²) >= 11 is 7.54. The van der Waals surface area contributed by atoms with Gasteiger partial charge in [0.1, 0.15) is 5.75 Å². The fourth-order valence-corrected chi connectivity index (χ4v) is 4.27. The van der Waals surface area contributed by atoms with Crippen LogP contribution in [0.1, 0.15) is 22.0 Å². The van der Waals surface area contributed by atoms with E-state index in [2.05, 4.69) is 10.2 Å². The van der Waals surface area contributed by atoms with E-state index in [4.69, 9.17) is 16.3 Å². The number of hydrogen-bond donors (Lipinski definition) is 1. The summed E-state index contributed by atoms with van der Waals surface area (Å²) in [5, 5.41) is 3.29. The number of ether oxygens (including phenoxy) is 1. The number of methoxy groups -OCH3 is 1. The van der Waals surface area contributed by atoms with Gasteiger partial charge in [0.25, 0.3) is 0 Å². The molecule has 0 saturated carbocycles. The van der Waals surface area contributed by atoms with E-state index >= 15 is 0 Å². The van der Waals surface area contributed by atoms with Crippen LogP contribution in [0.4, 0.5) is 13.2 Å². The summed E-state index contributed by atoms with van der Waals surface area (Å²) in [6, 6.07) is 7.26. The molecule has 1 fully saturated rings. The first kappa shape index (κ1) is 18.5. The molecule has 1 aliphatic heterocycles. The molecular weight excluding hydrogens is 373 g/mol. The zero-order valence-electron chi connectivity index (χ0n) is 13.6. The fraction of sp³-hybridized carbons (Fsp3) is 0.412. The van der Waals surface area contributed by atoms with E-state index in [0.717, 1.165) is 48.8 Å². The maximum Gasteiger partial charge on any atom is 0.416 e. The van der Waals surface area contributed by atoms with Crippen LogP contribution in [0, 0.1) is 0 Å². The summed E-state index contributed by atoms with van der Waals surface area (Å²) in [5.41, 5.74) is 0.00675. The summed E-state index contributed by atoms with van der Waals surface area (Å²) in [7, 11) is 1.40. The largest absolute Gasteiger partial charge is 0.496 e. The monoisotopic (exact) mass is 390 g/mol. The Bertz CT molecular complexity index is 729. The summed E-state index contributed by atoms with van der Waals surface area (Å²) < 4.78 is 45.0. The standard InChI is InChI=1S/C17H18ClF3N2OS/c1-24-13-10-11(17(19,20)21)2-3-12(13)16(14-4-5-15(18)25-14)23-8-6-22-7-9-23/h2-5,10,16,22H,6-9H2,1H3/t16-/m1/s1. The van der Waals surface area contributed by atoms with Crippen molar-refractivity contribution in [1.82, 2.24) is 10.2 Å². The molecule has 0 spiro atoms. The smallest absolute Gasteiger partial charge is 0.416 e. The van der Waals surface area contributed by atoms with Crippen LogP contribution in [0.25, 0.3) is 0 Å². The van der Waals surface area contributed by atoms with Crippen molar-refractivity contribution >= 4 is 22.9 Å². The third kappa shape index (κ3) is 4.11. The normalized spacial score (nSPS) is 17.5. The second-order valence-corrected chi connectivity index (χ2v) is 7.53. The SMILES string of the molecule is COc1cc(C(F)(F)F)ccc1[C@H](c1ccc(Cl)s1)N1CCNCC1. The molecule has 0 aliphatic carbocycles. The number of hydrogen-bond acceptors (Lipinski definition) is 4. The van der Waals surface area contributed by atoms with Crippen LogP contribution in [0.5, 0.6) is 5.75 Å². The lowest BCUT2D eigenvalue weighted by Gasteiger charge is -2.35. The first-order chi connectivity index (χ1) is 11.9. The third-order valence-electron chi connectivity index (χ3n) is 4.24. The van der Waals surface area contributed by atoms with Crippen molar-refractivity contribution in [2.24, 2.45) is 0 Å². The third-order valence-corrected chi connectivity index (χ3v) is 5.52. The Morgan fingerprint density at radius 2 is 1.92 bits per heavy atom. The second-order valence-electron chi connectivity index (χ2n) is 5.78. The van der Waals surface area contributed by atoms with Gasteiger partial charge in [-0.2, -0.15) is 13.2 Å². The lowest BCUT2D eigenvalue weighted by Crippen LogP contribution is -2.45. The second kappa shape index (κ2) is 7.53. The Morgan fingerprint density at radius 3 is 2.48 bits per heavy atom. The molecule has 0 radical (unpaired) electrons. The van der Waals surface area contributed by atoms with E-state index in [1.807, 2.05) is 12.1 Å². The van der Waals surface area contributed by atoms with Gasteiger partial charge in [-0.1, -0.05) is 17.7 Å². The summed E-state index contributed by atoms with van der Waals surface area (Å²) in [6.45, 7) is 3.26. The Labute approximate surface area is 153 Å². The molecule has 1 atom stereocenters. The van der Waals surface area contributed by atoms with Gasteiger partial charge in [-0.25, -0.2) is 0 Å². The zero-order valence-corrected chi connectivity index (χ0v) is 15.1. The molecule has 3 rings (SSSR count). The van der Waals surface area contributed by atoms with Crippen LogP contribution in [0.15, 0.2) is 30.3 Å². The highest BCUT2D eigenvalue weighted by Crippen LogP contribution is 2.41. The molecule has 1 N–H and O–H groups in total. The van der Waals surface area contributed by atoms with Crippen molar-refractivity contribution in [2.75, 3.05) is 33.3 Å². The van der Waals surface area contributed by atoms with Crippen LogP contribution in [-0.2, 0) is 6.18 Å². The van der Waals surface area contributed by atoms with E-state index in [1.54, 1.807) is 0 Å². The van der Waals surface area contributed by atoms with Gasteiger partial charge in [0, 0.05) is 36.6 Å². The molecule has 25 heavy (non-hydrogen) atoms. The Morgan fingerprint density at radius 1 is 1.20 bits per heavy atom. The zero-order chi connectivity index (χ0) is 18.0. The summed E-state index contributed by atoms with van der Waals surface area (Å²) in [5.74, 6) is 0.239. The lowest BCUT2D eigenvalue weighted by atomic mass is 9.99. The van der Waals surface area contributed by atoms with Crippen LogP contribution < -0.4 is 10.1 Å².